The quantitative estimate of drug-likeness (QED) is 0.744. The van der Waals surface area contributed by atoms with Gasteiger partial charge >= 0.3 is 0 Å². The van der Waals surface area contributed by atoms with Crippen LogP contribution in [0.25, 0.3) is 0 Å². The van der Waals surface area contributed by atoms with E-state index >= 15 is 0 Å². The van der Waals surface area contributed by atoms with Crippen molar-refractivity contribution in [1.29, 1.82) is 0 Å². The van der Waals surface area contributed by atoms with Gasteiger partial charge in [-0.2, -0.15) is 0 Å². The van der Waals surface area contributed by atoms with Gasteiger partial charge in [-0.05, 0) is 18.8 Å². The zero-order chi connectivity index (χ0) is 10.3. The van der Waals surface area contributed by atoms with E-state index in [-0.39, 0.29) is 11.5 Å². The minimum atomic E-state index is -0.0746. The second-order valence-electron chi connectivity index (χ2n) is 4.18. The van der Waals surface area contributed by atoms with Crippen molar-refractivity contribution in [3.05, 3.63) is 21.7 Å². The Balaban J connectivity index is 2.49. The molecule has 1 saturated carbocycles. The number of H-pyrrole nitrogens is 1. The van der Waals surface area contributed by atoms with E-state index in [2.05, 4.69) is 9.97 Å². The number of nitrogens with two attached hydrogens (primary N) is 1. The average molecular weight is 193 g/mol. The van der Waals surface area contributed by atoms with Gasteiger partial charge < -0.3 is 10.7 Å². The molecule has 0 unspecified atom stereocenters. The average Bonchev–Trinajstić information content (AvgIpc) is 2.83. The van der Waals surface area contributed by atoms with Crippen LogP contribution in [0.15, 0.2) is 4.79 Å². The Morgan fingerprint density at radius 1 is 1.50 bits per heavy atom. The summed E-state index contributed by atoms with van der Waals surface area (Å²) >= 11 is 0. The molecular weight excluding hydrogens is 178 g/mol. The van der Waals surface area contributed by atoms with Crippen LogP contribution in [0.5, 0.6) is 0 Å². The zero-order valence-corrected chi connectivity index (χ0v) is 8.50. The summed E-state index contributed by atoms with van der Waals surface area (Å²) in [5.74, 6) is 1.72. The normalized spacial score (nSPS) is 16.2. The molecule has 76 valence electrons. The first-order valence-corrected chi connectivity index (χ1v) is 4.99. The summed E-state index contributed by atoms with van der Waals surface area (Å²) in [7, 11) is 0. The van der Waals surface area contributed by atoms with E-state index in [1.807, 2.05) is 13.8 Å². The Morgan fingerprint density at radius 2 is 2.14 bits per heavy atom. The number of hydrogen-bond donors (Lipinski definition) is 2. The van der Waals surface area contributed by atoms with Crippen molar-refractivity contribution in [2.75, 3.05) is 5.73 Å². The Labute approximate surface area is 82.6 Å². The number of hydrogen-bond acceptors (Lipinski definition) is 3. The van der Waals surface area contributed by atoms with Crippen molar-refractivity contribution >= 4 is 5.82 Å². The predicted octanol–water partition coefficient (Wildman–Crippen LogP) is 1.35. The summed E-state index contributed by atoms with van der Waals surface area (Å²) in [6.07, 6.45) is 2.23. The van der Waals surface area contributed by atoms with Crippen molar-refractivity contribution in [1.82, 2.24) is 9.97 Å². The highest BCUT2D eigenvalue weighted by Crippen LogP contribution is 2.38. The summed E-state index contributed by atoms with van der Waals surface area (Å²) in [6, 6.07) is 0. The number of aromatic amines is 1. The van der Waals surface area contributed by atoms with E-state index < -0.39 is 0 Å². The van der Waals surface area contributed by atoms with Crippen LogP contribution in [-0.2, 0) is 0 Å². The molecule has 1 aliphatic carbocycles. The fourth-order valence-electron chi connectivity index (χ4n) is 1.63. The van der Waals surface area contributed by atoms with Crippen LogP contribution in [0, 0.1) is 0 Å². The maximum absolute atomic E-state index is 11.7. The Kier molecular flexibility index (Phi) is 2.06. The van der Waals surface area contributed by atoms with Gasteiger partial charge in [0, 0.05) is 5.92 Å². The molecule has 4 nitrogen and oxygen atoms in total. The first-order valence-electron chi connectivity index (χ1n) is 4.99. The molecule has 1 fully saturated rings. The molecule has 0 spiro atoms. The van der Waals surface area contributed by atoms with Gasteiger partial charge in [0.1, 0.15) is 11.6 Å². The summed E-state index contributed by atoms with van der Waals surface area (Å²) < 4.78 is 0. The standard InChI is InChI=1S/C10H15N3O/c1-5(2)7-8(11)12-9(6-3-4-6)13-10(7)14/h5-6H,3-4H2,1-2H3,(H3,11,12,13,14). The summed E-state index contributed by atoms with van der Waals surface area (Å²) in [5.41, 5.74) is 6.29. The third-order valence-corrected chi connectivity index (χ3v) is 2.54. The van der Waals surface area contributed by atoms with Crippen molar-refractivity contribution in [2.24, 2.45) is 0 Å². The zero-order valence-electron chi connectivity index (χ0n) is 8.50. The minimum Gasteiger partial charge on any atom is -0.383 e. The predicted molar refractivity (Wildman–Crippen MR) is 55.3 cm³/mol. The van der Waals surface area contributed by atoms with Gasteiger partial charge in [0.25, 0.3) is 5.56 Å². The van der Waals surface area contributed by atoms with Crippen LogP contribution in [0.3, 0.4) is 0 Å². The highest BCUT2D eigenvalue weighted by atomic mass is 16.1. The number of nitrogens with one attached hydrogen (secondary N) is 1. The molecule has 2 rings (SSSR count). The van der Waals surface area contributed by atoms with Crippen LogP contribution in [0.4, 0.5) is 5.82 Å². The molecule has 14 heavy (non-hydrogen) atoms. The summed E-state index contributed by atoms with van der Waals surface area (Å²) in [5, 5.41) is 0. The molecule has 0 aromatic carbocycles. The molecule has 0 amide bonds. The van der Waals surface area contributed by atoms with E-state index in [0.29, 0.717) is 17.3 Å². The van der Waals surface area contributed by atoms with Crippen LogP contribution in [0.1, 0.15) is 49.9 Å². The fraction of sp³-hybridized carbons (Fsp3) is 0.600. The topological polar surface area (TPSA) is 71.8 Å². The highest BCUT2D eigenvalue weighted by Gasteiger charge is 2.27. The lowest BCUT2D eigenvalue weighted by Crippen LogP contribution is -2.20. The molecule has 0 saturated heterocycles. The molecule has 0 bridgehead atoms. The van der Waals surface area contributed by atoms with Crippen molar-refractivity contribution in [3.8, 4) is 0 Å². The molecule has 1 aliphatic rings. The summed E-state index contributed by atoms with van der Waals surface area (Å²) in [6.45, 7) is 3.89. The van der Waals surface area contributed by atoms with Crippen LogP contribution in [0.2, 0.25) is 0 Å². The largest absolute Gasteiger partial charge is 0.383 e. The van der Waals surface area contributed by atoms with E-state index in [1.165, 1.54) is 0 Å². The van der Waals surface area contributed by atoms with Gasteiger partial charge in [-0.1, -0.05) is 13.8 Å². The number of nitrogens with zero attached hydrogens (tertiary/aromatic N) is 1. The smallest absolute Gasteiger partial charge is 0.256 e. The van der Waals surface area contributed by atoms with Crippen LogP contribution >= 0.6 is 0 Å². The molecule has 1 heterocycles. The second kappa shape index (κ2) is 3.12. The molecule has 1 aromatic heterocycles. The summed E-state index contributed by atoms with van der Waals surface area (Å²) in [4.78, 5) is 18.7. The van der Waals surface area contributed by atoms with Crippen LogP contribution in [-0.4, -0.2) is 9.97 Å². The highest BCUT2D eigenvalue weighted by molar-refractivity contribution is 5.40. The second-order valence-corrected chi connectivity index (χ2v) is 4.18. The Hall–Kier alpha value is -1.32. The number of rotatable bonds is 2. The number of anilines is 1. The lowest BCUT2D eigenvalue weighted by Gasteiger charge is -2.08. The van der Waals surface area contributed by atoms with E-state index in [1.54, 1.807) is 0 Å². The van der Waals surface area contributed by atoms with Gasteiger partial charge in [-0.3, -0.25) is 4.79 Å². The van der Waals surface area contributed by atoms with Crippen molar-refractivity contribution in [2.45, 2.75) is 38.5 Å². The van der Waals surface area contributed by atoms with Gasteiger partial charge in [-0.15, -0.1) is 0 Å². The van der Waals surface area contributed by atoms with E-state index in [4.69, 9.17) is 5.73 Å². The van der Waals surface area contributed by atoms with Gasteiger partial charge in [0.15, 0.2) is 0 Å². The minimum absolute atomic E-state index is 0.0746. The van der Waals surface area contributed by atoms with E-state index in [9.17, 15) is 4.79 Å². The molecule has 0 atom stereocenters. The first kappa shape index (κ1) is 9.24. The maximum Gasteiger partial charge on any atom is 0.256 e. The fourth-order valence-corrected chi connectivity index (χ4v) is 1.63. The lowest BCUT2D eigenvalue weighted by atomic mass is 10.1. The van der Waals surface area contributed by atoms with Crippen molar-refractivity contribution in [3.63, 3.8) is 0 Å². The number of aromatic nitrogens is 2. The molecular formula is C10H15N3O. The third-order valence-electron chi connectivity index (χ3n) is 2.54. The molecule has 3 N–H and O–H groups in total. The van der Waals surface area contributed by atoms with Gasteiger partial charge in [0.05, 0.1) is 5.56 Å². The third kappa shape index (κ3) is 1.52. The number of nitrogen functional groups attached to an aromatic ring is 1. The molecule has 4 heteroatoms. The molecule has 1 aromatic rings. The monoisotopic (exact) mass is 193 g/mol. The molecule has 0 aliphatic heterocycles. The van der Waals surface area contributed by atoms with Gasteiger partial charge in [-0.25, -0.2) is 4.98 Å². The van der Waals surface area contributed by atoms with Gasteiger partial charge in [0.2, 0.25) is 0 Å². The SMILES string of the molecule is CC(C)c1c(N)nc(C2CC2)[nH]c1=O. The van der Waals surface area contributed by atoms with Crippen molar-refractivity contribution < 1.29 is 0 Å². The molecule has 0 radical (unpaired) electrons. The van der Waals surface area contributed by atoms with Crippen LogP contribution < -0.4 is 11.3 Å². The Bertz CT molecular complexity index is 404. The van der Waals surface area contributed by atoms with E-state index in [0.717, 1.165) is 18.7 Å². The lowest BCUT2D eigenvalue weighted by molar-refractivity contribution is 0.810. The first-order chi connectivity index (χ1) is 6.59. The maximum atomic E-state index is 11.7. The Morgan fingerprint density at radius 3 is 2.57 bits per heavy atom.